The van der Waals surface area contributed by atoms with Crippen LogP contribution in [0.1, 0.15) is 83.1 Å². The van der Waals surface area contributed by atoms with Crippen molar-refractivity contribution in [3.05, 3.63) is 0 Å². The van der Waals surface area contributed by atoms with Crippen molar-refractivity contribution in [2.45, 2.75) is 104 Å². The molecule has 0 aliphatic carbocycles. The highest BCUT2D eigenvalue weighted by molar-refractivity contribution is 7.42. The molecular weight excluding hydrogens is 325 g/mol. The van der Waals surface area contributed by atoms with Crippen LogP contribution < -0.4 is 0 Å². The molecule has 0 N–H and O–H groups in total. The minimum Gasteiger partial charge on any atom is -0.147 e. The second-order valence-corrected chi connectivity index (χ2v) is 15.8. The van der Waals surface area contributed by atoms with E-state index in [1.54, 1.807) is 0 Å². The van der Waals surface area contributed by atoms with Crippen molar-refractivity contribution in [2.24, 2.45) is 0 Å². The molecule has 0 amide bonds. The van der Waals surface area contributed by atoms with Crippen molar-refractivity contribution < 1.29 is 0 Å². The Balaban J connectivity index is -0.000000116. The second kappa shape index (κ2) is 10.3. The molecule has 0 rings (SSSR count). The summed E-state index contributed by atoms with van der Waals surface area (Å²) in [4.78, 5) is 0. The fourth-order valence-electron chi connectivity index (χ4n) is 2.25. The maximum absolute atomic E-state index is 2.30. The van der Waals surface area contributed by atoms with Gasteiger partial charge in [-0.3, -0.25) is 0 Å². The summed E-state index contributed by atoms with van der Waals surface area (Å²) in [6.07, 6.45) is 0. The van der Waals surface area contributed by atoms with E-state index in [0.29, 0.717) is 20.6 Å². The Labute approximate surface area is 145 Å². The Bertz CT molecular complexity index is 175. The molecule has 0 unspecified atom stereocenters. The van der Waals surface area contributed by atoms with Crippen molar-refractivity contribution >= 4 is 42.0 Å². The van der Waals surface area contributed by atoms with Crippen molar-refractivity contribution in [3.63, 3.8) is 0 Å². The van der Waals surface area contributed by atoms with Crippen molar-refractivity contribution in [1.29, 1.82) is 0 Å². The maximum Gasteiger partial charge on any atom is -0.0202 e. The summed E-state index contributed by atoms with van der Waals surface area (Å²) in [5.41, 5.74) is 0. The predicted molar refractivity (Wildman–Crippen MR) is 110 cm³/mol. The number of hydrogen-bond donors (Lipinski definition) is 0. The highest BCUT2D eigenvalue weighted by atomic mass is 35.5. The van der Waals surface area contributed by atoms with Gasteiger partial charge in [-0.15, -0.1) is 42.0 Å². The first-order valence-corrected chi connectivity index (χ1v) is 9.00. The third kappa shape index (κ3) is 36.6. The van der Waals surface area contributed by atoms with Gasteiger partial charge in [0, 0.05) is 0 Å². The Morgan fingerprint density at radius 2 is 0.450 bits per heavy atom. The molecule has 0 radical (unpaired) electrons. The largest absolute Gasteiger partial charge is 0.147 e. The van der Waals surface area contributed by atoms with Crippen LogP contribution in [-0.4, -0.2) is 20.6 Å². The van der Waals surface area contributed by atoms with Gasteiger partial charge in [0.2, 0.25) is 0 Å². The summed E-state index contributed by atoms with van der Waals surface area (Å²) < 4.78 is 0. The molecule has 4 heteroatoms. The maximum atomic E-state index is 2.30. The van der Waals surface area contributed by atoms with Gasteiger partial charge in [0.05, 0.1) is 0 Å². The van der Waals surface area contributed by atoms with Gasteiger partial charge in [0.25, 0.3) is 0 Å². The number of halogens is 2. The Morgan fingerprint density at radius 3 is 0.450 bits per heavy atom. The monoisotopic (exact) mass is 364 g/mol. The third-order valence-electron chi connectivity index (χ3n) is 1.50. The first kappa shape index (κ1) is 29.5. The molecule has 20 heavy (non-hydrogen) atoms. The topological polar surface area (TPSA) is 0 Å². The van der Waals surface area contributed by atoms with Crippen molar-refractivity contribution in [2.75, 3.05) is 0 Å². The highest BCUT2D eigenvalue weighted by Crippen LogP contribution is 2.42. The Hall–Kier alpha value is 1.44. The van der Waals surface area contributed by atoms with E-state index in [2.05, 4.69) is 83.1 Å². The van der Waals surface area contributed by atoms with Crippen LogP contribution in [0.5, 0.6) is 0 Å². The quantitative estimate of drug-likeness (QED) is 0.393. The summed E-state index contributed by atoms with van der Waals surface area (Å²) >= 11 is 0. The van der Waals surface area contributed by atoms with Crippen LogP contribution in [0.4, 0.5) is 0 Å². The van der Waals surface area contributed by atoms with E-state index in [9.17, 15) is 0 Å². The summed E-state index contributed by atoms with van der Waals surface area (Å²) in [7, 11) is 2.10. The standard InChI is InChI=1S/2C8H19P.2ClH/c2*1-7(2,3)9-8(4,5)6;;/h2*9H,1-6H3;2*1H. The van der Waals surface area contributed by atoms with Crippen molar-refractivity contribution in [3.8, 4) is 0 Å². The molecule has 0 spiro atoms. The SMILES string of the molecule is CC(C)(C)PC(C)(C)C.CC(C)(C)PC(C)(C)C.Cl.Cl. The van der Waals surface area contributed by atoms with Gasteiger partial charge in [0.15, 0.2) is 0 Å². The lowest BCUT2D eigenvalue weighted by Gasteiger charge is -2.28. The van der Waals surface area contributed by atoms with E-state index in [1.807, 2.05) is 0 Å². The van der Waals surface area contributed by atoms with Crippen LogP contribution in [0, 0.1) is 0 Å². The number of rotatable bonds is 0. The van der Waals surface area contributed by atoms with Gasteiger partial charge in [-0.1, -0.05) is 83.1 Å². The smallest absolute Gasteiger partial charge is 0.0202 e. The lowest BCUT2D eigenvalue weighted by atomic mass is 10.2. The van der Waals surface area contributed by atoms with Gasteiger partial charge in [-0.2, -0.15) is 0 Å². The molecule has 0 aromatic heterocycles. The van der Waals surface area contributed by atoms with Crippen LogP contribution in [0.2, 0.25) is 0 Å². The van der Waals surface area contributed by atoms with Crippen LogP contribution in [0.15, 0.2) is 0 Å². The molecule has 0 nitrogen and oxygen atoms in total. The zero-order valence-corrected chi connectivity index (χ0v) is 19.4. The van der Waals surface area contributed by atoms with Crippen LogP contribution in [0.25, 0.3) is 0 Å². The summed E-state index contributed by atoms with van der Waals surface area (Å²) in [6.45, 7) is 27.6. The fourth-order valence-corrected chi connectivity index (χ4v) is 6.75. The molecule has 0 aromatic carbocycles. The summed E-state index contributed by atoms with van der Waals surface area (Å²) in [6, 6.07) is 0. The van der Waals surface area contributed by atoms with Gasteiger partial charge < -0.3 is 0 Å². The predicted octanol–water partition coefficient (Wildman–Crippen LogP) is 7.37. The molecule has 0 atom stereocenters. The molecule has 128 valence electrons. The molecule has 0 bridgehead atoms. The van der Waals surface area contributed by atoms with E-state index in [1.165, 1.54) is 0 Å². The molecule has 0 heterocycles. The summed E-state index contributed by atoms with van der Waals surface area (Å²) in [5.74, 6) is 0. The van der Waals surface area contributed by atoms with E-state index in [4.69, 9.17) is 0 Å². The fraction of sp³-hybridized carbons (Fsp3) is 1.00. The first-order chi connectivity index (χ1) is 7.41. The molecule has 0 aliphatic heterocycles. The molecule has 0 aliphatic rings. The minimum absolute atomic E-state index is 0. The molecular formula is C16H40Cl2P2. The van der Waals surface area contributed by atoms with E-state index in [0.717, 1.165) is 17.2 Å². The second-order valence-electron chi connectivity index (χ2n) is 9.25. The Morgan fingerprint density at radius 1 is 0.350 bits per heavy atom. The third-order valence-corrected chi connectivity index (χ3v) is 4.50. The van der Waals surface area contributed by atoms with Gasteiger partial charge in [-0.05, 0) is 20.6 Å². The minimum atomic E-state index is 0. The normalized spacial score (nSPS) is 12.6. The molecule has 0 fully saturated rings. The zero-order chi connectivity index (χ0) is 15.4. The number of hydrogen-bond acceptors (Lipinski definition) is 0. The average molecular weight is 365 g/mol. The van der Waals surface area contributed by atoms with E-state index in [-0.39, 0.29) is 24.8 Å². The van der Waals surface area contributed by atoms with Crippen LogP contribution in [0.3, 0.4) is 0 Å². The average Bonchev–Trinajstić information content (AvgIpc) is 1.64. The van der Waals surface area contributed by atoms with Gasteiger partial charge in [-0.25, -0.2) is 0 Å². The Kier molecular flexibility index (Phi) is 15.1. The highest BCUT2D eigenvalue weighted by Gasteiger charge is 2.20. The van der Waals surface area contributed by atoms with E-state index < -0.39 is 0 Å². The molecule has 0 saturated heterocycles. The van der Waals surface area contributed by atoms with Crippen molar-refractivity contribution in [1.82, 2.24) is 0 Å². The van der Waals surface area contributed by atoms with Crippen LogP contribution >= 0.6 is 42.0 Å². The van der Waals surface area contributed by atoms with E-state index >= 15 is 0 Å². The lowest BCUT2D eigenvalue weighted by molar-refractivity contribution is 0.724. The summed E-state index contributed by atoms with van der Waals surface area (Å²) in [5, 5.41) is 2.05. The molecule has 0 aromatic rings. The first-order valence-electron chi connectivity index (χ1n) is 7.00. The van der Waals surface area contributed by atoms with Crippen LogP contribution in [-0.2, 0) is 0 Å². The molecule has 0 saturated carbocycles. The van der Waals surface area contributed by atoms with Gasteiger partial charge >= 0.3 is 0 Å². The lowest BCUT2D eigenvalue weighted by Crippen LogP contribution is -2.16. The zero-order valence-electron chi connectivity index (χ0n) is 15.8. The van der Waals surface area contributed by atoms with Gasteiger partial charge in [0.1, 0.15) is 0 Å².